The summed E-state index contributed by atoms with van der Waals surface area (Å²) in [4.78, 5) is 0. The predicted octanol–water partition coefficient (Wildman–Crippen LogP) is 1.68. The lowest BCUT2D eigenvalue weighted by Gasteiger charge is -2.46. The first-order valence-corrected chi connectivity index (χ1v) is 6.02. The van der Waals surface area contributed by atoms with Crippen molar-refractivity contribution in [2.24, 2.45) is 5.92 Å². The Balaban J connectivity index is 1.84. The second-order valence-electron chi connectivity index (χ2n) is 5.82. The van der Waals surface area contributed by atoms with Crippen LogP contribution in [-0.2, 0) is 18.9 Å². The first-order chi connectivity index (χ1) is 7.46. The molecule has 92 valence electrons. The van der Waals surface area contributed by atoms with Gasteiger partial charge in [0.2, 0.25) is 0 Å². The summed E-state index contributed by atoms with van der Waals surface area (Å²) in [6, 6.07) is 0. The Kier molecular flexibility index (Phi) is 2.19. The van der Waals surface area contributed by atoms with Crippen molar-refractivity contribution in [3.05, 3.63) is 0 Å². The third-order valence-corrected chi connectivity index (χ3v) is 3.89. The summed E-state index contributed by atoms with van der Waals surface area (Å²) in [5, 5.41) is 0. The average molecular weight is 228 g/mol. The fraction of sp³-hybridized carbons (Fsp3) is 1.00. The second kappa shape index (κ2) is 3.19. The van der Waals surface area contributed by atoms with E-state index in [1.807, 2.05) is 13.8 Å². The maximum atomic E-state index is 5.99. The molecule has 3 fully saturated rings. The summed E-state index contributed by atoms with van der Waals surface area (Å²) in [5.74, 6) is 0.199. The van der Waals surface area contributed by atoms with Crippen LogP contribution in [-0.4, -0.2) is 37.0 Å². The Hall–Kier alpha value is -0.160. The summed E-state index contributed by atoms with van der Waals surface area (Å²) in [6.45, 7) is 6.15. The number of fused-ring (bicyclic) bond motifs is 2. The van der Waals surface area contributed by atoms with Crippen molar-refractivity contribution in [3.63, 3.8) is 0 Å². The second-order valence-corrected chi connectivity index (χ2v) is 5.82. The molecule has 16 heavy (non-hydrogen) atoms. The molecule has 2 aliphatic heterocycles. The monoisotopic (exact) mass is 228 g/mol. The molecule has 4 heteroatoms. The SMILES string of the molecule is CO[C@@H]1O[C@]2(C[C@H](C)C2)[C@H]2OC(C)(C)O[C@@H]12. The Bertz CT molecular complexity index is 295. The summed E-state index contributed by atoms with van der Waals surface area (Å²) in [6.07, 6.45) is 1.77. The van der Waals surface area contributed by atoms with Crippen LogP contribution in [0.5, 0.6) is 0 Å². The molecule has 0 bridgehead atoms. The zero-order chi connectivity index (χ0) is 11.6. The van der Waals surface area contributed by atoms with Crippen LogP contribution in [0, 0.1) is 5.92 Å². The molecule has 3 atom stereocenters. The van der Waals surface area contributed by atoms with E-state index in [4.69, 9.17) is 18.9 Å². The molecule has 1 saturated carbocycles. The van der Waals surface area contributed by atoms with Crippen molar-refractivity contribution in [2.45, 2.75) is 63.5 Å². The van der Waals surface area contributed by atoms with E-state index in [9.17, 15) is 0 Å². The van der Waals surface area contributed by atoms with E-state index in [0.29, 0.717) is 5.92 Å². The van der Waals surface area contributed by atoms with Crippen molar-refractivity contribution in [1.82, 2.24) is 0 Å². The minimum atomic E-state index is -0.512. The highest BCUT2D eigenvalue weighted by molar-refractivity contribution is 5.10. The quantitative estimate of drug-likeness (QED) is 0.684. The van der Waals surface area contributed by atoms with Crippen LogP contribution in [0.3, 0.4) is 0 Å². The van der Waals surface area contributed by atoms with E-state index < -0.39 is 5.79 Å². The minimum Gasteiger partial charge on any atom is -0.353 e. The topological polar surface area (TPSA) is 36.9 Å². The fourth-order valence-corrected chi connectivity index (χ4v) is 3.39. The van der Waals surface area contributed by atoms with Crippen molar-refractivity contribution < 1.29 is 18.9 Å². The molecule has 2 heterocycles. The molecule has 3 rings (SSSR count). The van der Waals surface area contributed by atoms with Crippen molar-refractivity contribution >= 4 is 0 Å². The molecule has 1 aliphatic carbocycles. The van der Waals surface area contributed by atoms with E-state index in [0.717, 1.165) is 12.8 Å². The molecule has 4 nitrogen and oxygen atoms in total. The Morgan fingerprint density at radius 1 is 1.12 bits per heavy atom. The van der Waals surface area contributed by atoms with Crippen LogP contribution < -0.4 is 0 Å². The third kappa shape index (κ3) is 1.37. The minimum absolute atomic E-state index is 0.0312. The molecule has 0 unspecified atom stereocenters. The van der Waals surface area contributed by atoms with E-state index >= 15 is 0 Å². The van der Waals surface area contributed by atoms with Gasteiger partial charge in [-0.05, 0) is 32.6 Å². The zero-order valence-electron chi connectivity index (χ0n) is 10.4. The van der Waals surface area contributed by atoms with Crippen molar-refractivity contribution in [3.8, 4) is 0 Å². The van der Waals surface area contributed by atoms with Gasteiger partial charge < -0.3 is 18.9 Å². The third-order valence-electron chi connectivity index (χ3n) is 3.89. The van der Waals surface area contributed by atoms with Gasteiger partial charge in [0.25, 0.3) is 0 Å². The number of ether oxygens (including phenoxy) is 4. The van der Waals surface area contributed by atoms with Gasteiger partial charge >= 0.3 is 0 Å². The first-order valence-electron chi connectivity index (χ1n) is 6.02. The van der Waals surface area contributed by atoms with Crippen molar-refractivity contribution in [1.29, 1.82) is 0 Å². The fourth-order valence-electron chi connectivity index (χ4n) is 3.39. The highest BCUT2D eigenvalue weighted by Gasteiger charge is 2.66. The van der Waals surface area contributed by atoms with Gasteiger partial charge in [0.05, 0.1) is 0 Å². The van der Waals surface area contributed by atoms with Gasteiger partial charge in [-0.15, -0.1) is 0 Å². The van der Waals surface area contributed by atoms with Gasteiger partial charge in [0.15, 0.2) is 12.1 Å². The zero-order valence-corrected chi connectivity index (χ0v) is 10.4. The van der Waals surface area contributed by atoms with E-state index in [1.165, 1.54) is 0 Å². The maximum absolute atomic E-state index is 5.99. The van der Waals surface area contributed by atoms with E-state index in [2.05, 4.69) is 6.92 Å². The maximum Gasteiger partial charge on any atom is 0.186 e. The highest BCUT2D eigenvalue weighted by Crippen LogP contribution is 2.54. The number of rotatable bonds is 1. The standard InChI is InChI=1S/C12H20O4/c1-7-5-12(6-7)9-8(10(13-4)16-12)14-11(2,3)15-9/h7-10H,5-6H2,1-4H3/t7-,8-,9+,10-,12-/m1/s1. The van der Waals surface area contributed by atoms with Gasteiger partial charge in [-0.2, -0.15) is 0 Å². The van der Waals surface area contributed by atoms with Crippen LogP contribution in [0.15, 0.2) is 0 Å². The van der Waals surface area contributed by atoms with E-state index in [1.54, 1.807) is 7.11 Å². The van der Waals surface area contributed by atoms with Gasteiger partial charge in [-0.1, -0.05) is 6.92 Å². The highest BCUT2D eigenvalue weighted by atomic mass is 16.8. The lowest BCUT2D eigenvalue weighted by Crippen LogP contribution is -2.52. The molecule has 0 amide bonds. The van der Waals surface area contributed by atoms with Crippen LogP contribution >= 0.6 is 0 Å². The Morgan fingerprint density at radius 2 is 1.81 bits per heavy atom. The normalized spacial score (nSPS) is 54.0. The largest absolute Gasteiger partial charge is 0.353 e. The predicted molar refractivity (Wildman–Crippen MR) is 56.8 cm³/mol. The van der Waals surface area contributed by atoms with Crippen LogP contribution in [0.1, 0.15) is 33.6 Å². The Morgan fingerprint density at radius 3 is 2.38 bits per heavy atom. The van der Waals surface area contributed by atoms with Crippen molar-refractivity contribution in [2.75, 3.05) is 7.11 Å². The number of hydrogen-bond acceptors (Lipinski definition) is 4. The summed E-state index contributed by atoms with van der Waals surface area (Å²) in [5.41, 5.74) is -0.154. The van der Waals surface area contributed by atoms with Crippen LogP contribution in [0.2, 0.25) is 0 Å². The molecule has 0 radical (unpaired) electrons. The molecule has 1 spiro atoms. The molecule has 0 aromatic rings. The molecule has 0 aromatic heterocycles. The number of methoxy groups -OCH3 is 1. The summed E-state index contributed by atoms with van der Waals surface area (Å²) in [7, 11) is 1.66. The van der Waals surface area contributed by atoms with Gasteiger partial charge in [-0.25, -0.2) is 0 Å². The molecule has 3 aliphatic rings. The van der Waals surface area contributed by atoms with Gasteiger partial charge in [-0.3, -0.25) is 0 Å². The summed E-state index contributed by atoms with van der Waals surface area (Å²) >= 11 is 0. The lowest BCUT2D eigenvalue weighted by atomic mass is 9.69. The van der Waals surface area contributed by atoms with Gasteiger partial charge in [0, 0.05) is 7.11 Å². The smallest absolute Gasteiger partial charge is 0.186 e. The molecule has 0 aromatic carbocycles. The summed E-state index contributed by atoms with van der Waals surface area (Å²) < 4.78 is 23.2. The lowest BCUT2D eigenvalue weighted by molar-refractivity contribution is -0.271. The molecular weight excluding hydrogens is 208 g/mol. The van der Waals surface area contributed by atoms with Gasteiger partial charge in [0.1, 0.15) is 17.8 Å². The average Bonchev–Trinajstić information content (AvgIpc) is 2.58. The molecule has 0 N–H and O–H groups in total. The van der Waals surface area contributed by atoms with Crippen LogP contribution in [0.4, 0.5) is 0 Å². The Labute approximate surface area is 96.2 Å². The molecule has 2 saturated heterocycles. The first kappa shape index (κ1) is 11.0. The van der Waals surface area contributed by atoms with Crippen LogP contribution in [0.25, 0.3) is 0 Å². The van der Waals surface area contributed by atoms with E-state index in [-0.39, 0.29) is 24.1 Å². The number of hydrogen-bond donors (Lipinski definition) is 0. The molecular formula is C12H20O4.